The Morgan fingerprint density at radius 3 is 2.74 bits per heavy atom. The molecule has 1 aromatic rings. The maximum Gasteiger partial charge on any atom is 0.122 e. The van der Waals surface area contributed by atoms with Crippen LogP contribution in [0, 0.1) is 0 Å². The van der Waals surface area contributed by atoms with E-state index in [2.05, 4.69) is 28.4 Å². The molecule has 2 saturated heterocycles. The lowest BCUT2D eigenvalue weighted by Gasteiger charge is -2.29. The minimum Gasteiger partial charge on any atom is -0.496 e. The molecular formula is C15H22N2O2. The fourth-order valence-electron chi connectivity index (χ4n) is 2.73. The Hall–Kier alpha value is -1.10. The molecular weight excluding hydrogens is 240 g/mol. The van der Waals surface area contributed by atoms with Gasteiger partial charge in [0, 0.05) is 44.2 Å². The number of hydrogen-bond donors (Lipinski definition) is 1. The highest BCUT2D eigenvalue weighted by Crippen LogP contribution is 2.32. The second-order valence-electron chi connectivity index (χ2n) is 5.34. The van der Waals surface area contributed by atoms with Crippen LogP contribution in [0.25, 0.3) is 0 Å². The van der Waals surface area contributed by atoms with E-state index in [1.807, 2.05) is 0 Å². The van der Waals surface area contributed by atoms with E-state index in [9.17, 15) is 0 Å². The molecule has 0 unspecified atom stereocenters. The van der Waals surface area contributed by atoms with Crippen molar-refractivity contribution in [1.82, 2.24) is 10.2 Å². The van der Waals surface area contributed by atoms with Crippen LogP contribution in [-0.4, -0.2) is 51.4 Å². The minimum absolute atomic E-state index is 0.517. The SMILES string of the molecule is COc1cc(CN2CCNCC2)ccc1C1COC1. The van der Waals surface area contributed by atoms with Crippen molar-refractivity contribution in [2.24, 2.45) is 0 Å². The van der Waals surface area contributed by atoms with E-state index < -0.39 is 0 Å². The van der Waals surface area contributed by atoms with E-state index in [1.165, 1.54) is 11.1 Å². The first-order valence-electron chi connectivity index (χ1n) is 7.04. The van der Waals surface area contributed by atoms with Crippen LogP contribution in [0.2, 0.25) is 0 Å². The van der Waals surface area contributed by atoms with Crippen LogP contribution in [0.3, 0.4) is 0 Å². The van der Waals surface area contributed by atoms with Crippen LogP contribution < -0.4 is 10.1 Å². The molecule has 0 atom stereocenters. The highest BCUT2D eigenvalue weighted by molar-refractivity contribution is 5.40. The third-order valence-corrected chi connectivity index (χ3v) is 3.99. The molecule has 0 aromatic heterocycles. The van der Waals surface area contributed by atoms with Crippen LogP contribution in [0.15, 0.2) is 18.2 Å². The number of nitrogens with one attached hydrogen (secondary N) is 1. The van der Waals surface area contributed by atoms with Gasteiger partial charge in [-0.2, -0.15) is 0 Å². The molecule has 1 aromatic carbocycles. The zero-order valence-electron chi connectivity index (χ0n) is 11.5. The summed E-state index contributed by atoms with van der Waals surface area (Å²) in [6.45, 7) is 7.10. The summed E-state index contributed by atoms with van der Waals surface area (Å²) in [6, 6.07) is 6.64. The monoisotopic (exact) mass is 262 g/mol. The first-order chi connectivity index (χ1) is 9.36. The van der Waals surface area contributed by atoms with Crippen molar-refractivity contribution >= 4 is 0 Å². The summed E-state index contributed by atoms with van der Waals surface area (Å²) in [5.41, 5.74) is 2.63. The number of methoxy groups -OCH3 is 1. The van der Waals surface area contributed by atoms with Crippen molar-refractivity contribution in [2.45, 2.75) is 12.5 Å². The van der Waals surface area contributed by atoms with E-state index in [-0.39, 0.29) is 0 Å². The van der Waals surface area contributed by atoms with E-state index in [0.29, 0.717) is 5.92 Å². The van der Waals surface area contributed by atoms with Gasteiger partial charge in [0.05, 0.1) is 20.3 Å². The molecule has 3 rings (SSSR count). The standard InChI is InChI=1S/C15H22N2O2/c1-18-15-8-12(9-17-6-4-16-5-7-17)2-3-14(15)13-10-19-11-13/h2-3,8,13,16H,4-7,9-11H2,1H3. The second kappa shape index (κ2) is 5.90. The first-order valence-corrected chi connectivity index (χ1v) is 7.04. The summed E-state index contributed by atoms with van der Waals surface area (Å²) in [5.74, 6) is 1.53. The third kappa shape index (κ3) is 2.91. The highest BCUT2D eigenvalue weighted by atomic mass is 16.5. The minimum atomic E-state index is 0.517. The van der Waals surface area contributed by atoms with Gasteiger partial charge in [-0.15, -0.1) is 0 Å². The Labute approximate surface area is 114 Å². The Morgan fingerprint density at radius 1 is 1.32 bits per heavy atom. The van der Waals surface area contributed by atoms with E-state index in [1.54, 1.807) is 7.11 Å². The van der Waals surface area contributed by atoms with Crippen LogP contribution in [0.1, 0.15) is 17.0 Å². The smallest absolute Gasteiger partial charge is 0.122 e. The number of nitrogens with zero attached hydrogens (tertiary/aromatic N) is 1. The van der Waals surface area contributed by atoms with Crippen molar-refractivity contribution in [1.29, 1.82) is 0 Å². The molecule has 0 spiro atoms. The molecule has 2 aliphatic heterocycles. The van der Waals surface area contributed by atoms with Crippen LogP contribution in [0.5, 0.6) is 5.75 Å². The van der Waals surface area contributed by atoms with Gasteiger partial charge in [-0.25, -0.2) is 0 Å². The third-order valence-electron chi connectivity index (χ3n) is 3.99. The molecule has 0 radical (unpaired) electrons. The molecule has 0 amide bonds. The van der Waals surface area contributed by atoms with Gasteiger partial charge in [-0.1, -0.05) is 12.1 Å². The maximum absolute atomic E-state index is 5.55. The fourth-order valence-corrected chi connectivity index (χ4v) is 2.73. The summed E-state index contributed by atoms with van der Waals surface area (Å²) in [7, 11) is 1.76. The lowest BCUT2D eigenvalue weighted by Crippen LogP contribution is -2.42. The molecule has 4 heteroatoms. The summed E-state index contributed by atoms with van der Waals surface area (Å²) in [6.07, 6.45) is 0. The van der Waals surface area contributed by atoms with Crippen LogP contribution in [0.4, 0.5) is 0 Å². The lowest BCUT2D eigenvalue weighted by molar-refractivity contribution is 0.00752. The molecule has 2 heterocycles. The number of hydrogen-bond acceptors (Lipinski definition) is 4. The molecule has 0 saturated carbocycles. The van der Waals surface area contributed by atoms with Gasteiger partial charge in [0.1, 0.15) is 5.75 Å². The zero-order chi connectivity index (χ0) is 13.1. The molecule has 4 nitrogen and oxygen atoms in total. The van der Waals surface area contributed by atoms with Crippen molar-refractivity contribution in [2.75, 3.05) is 46.5 Å². The topological polar surface area (TPSA) is 33.7 Å². The molecule has 1 N–H and O–H groups in total. The van der Waals surface area contributed by atoms with Crippen molar-refractivity contribution < 1.29 is 9.47 Å². The van der Waals surface area contributed by atoms with Crippen molar-refractivity contribution in [3.63, 3.8) is 0 Å². The number of ether oxygens (including phenoxy) is 2. The summed E-state index contributed by atoms with van der Waals surface area (Å²) >= 11 is 0. The molecule has 19 heavy (non-hydrogen) atoms. The normalized spacial score (nSPS) is 21.1. The molecule has 0 bridgehead atoms. The van der Waals surface area contributed by atoms with Crippen molar-refractivity contribution in [3.8, 4) is 5.75 Å². The lowest BCUT2D eigenvalue weighted by atomic mass is 9.95. The van der Waals surface area contributed by atoms with Gasteiger partial charge >= 0.3 is 0 Å². The predicted molar refractivity (Wildman–Crippen MR) is 74.7 cm³/mol. The van der Waals surface area contributed by atoms with Gasteiger partial charge in [0.15, 0.2) is 0 Å². The Morgan fingerprint density at radius 2 is 2.11 bits per heavy atom. The van der Waals surface area contributed by atoms with Gasteiger partial charge in [-0.3, -0.25) is 4.90 Å². The average Bonchev–Trinajstić information content (AvgIpc) is 2.39. The fraction of sp³-hybridized carbons (Fsp3) is 0.600. The Kier molecular flexibility index (Phi) is 4.01. The second-order valence-corrected chi connectivity index (χ2v) is 5.34. The van der Waals surface area contributed by atoms with Gasteiger partial charge in [-0.05, 0) is 11.6 Å². The van der Waals surface area contributed by atoms with Gasteiger partial charge < -0.3 is 14.8 Å². The van der Waals surface area contributed by atoms with E-state index in [0.717, 1.165) is 51.7 Å². The summed E-state index contributed by atoms with van der Waals surface area (Å²) < 4.78 is 10.8. The average molecular weight is 262 g/mol. The zero-order valence-corrected chi connectivity index (χ0v) is 11.5. The molecule has 2 aliphatic rings. The van der Waals surface area contributed by atoms with Crippen molar-refractivity contribution in [3.05, 3.63) is 29.3 Å². The highest BCUT2D eigenvalue weighted by Gasteiger charge is 2.24. The Bertz CT molecular complexity index is 426. The number of rotatable bonds is 4. The molecule has 2 fully saturated rings. The molecule has 104 valence electrons. The first kappa shape index (κ1) is 12.9. The maximum atomic E-state index is 5.55. The largest absolute Gasteiger partial charge is 0.496 e. The number of benzene rings is 1. The van der Waals surface area contributed by atoms with E-state index in [4.69, 9.17) is 9.47 Å². The van der Waals surface area contributed by atoms with Gasteiger partial charge in [0.2, 0.25) is 0 Å². The summed E-state index contributed by atoms with van der Waals surface area (Å²) in [4.78, 5) is 2.48. The molecule has 0 aliphatic carbocycles. The number of piperazine rings is 1. The predicted octanol–water partition coefficient (Wildman–Crippen LogP) is 1.21. The Balaban J connectivity index is 1.71. The summed E-state index contributed by atoms with van der Waals surface area (Å²) in [5, 5.41) is 3.38. The van der Waals surface area contributed by atoms with Crippen LogP contribution >= 0.6 is 0 Å². The van der Waals surface area contributed by atoms with Gasteiger partial charge in [0.25, 0.3) is 0 Å². The van der Waals surface area contributed by atoms with E-state index >= 15 is 0 Å². The van der Waals surface area contributed by atoms with Crippen LogP contribution in [-0.2, 0) is 11.3 Å². The quantitative estimate of drug-likeness (QED) is 0.884.